The van der Waals surface area contributed by atoms with E-state index in [1.807, 2.05) is 18.2 Å². The van der Waals surface area contributed by atoms with Crippen LogP contribution in [0.2, 0.25) is 5.02 Å². The minimum absolute atomic E-state index is 0.00555. The number of likely N-dealkylation sites (tertiary alicyclic amines) is 1. The average molecular weight is 291 g/mol. The van der Waals surface area contributed by atoms with Crippen LogP contribution in [0.1, 0.15) is 18.4 Å². The van der Waals surface area contributed by atoms with Crippen molar-refractivity contribution in [2.24, 2.45) is 0 Å². The summed E-state index contributed by atoms with van der Waals surface area (Å²) >= 11 is 6.20. The van der Waals surface area contributed by atoms with E-state index in [0.29, 0.717) is 19.1 Å². The molecule has 4 heteroatoms. The molecule has 0 spiro atoms. The third kappa shape index (κ3) is 4.00. The Morgan fingerprint density at radius 1 is 1.50 bits per heavy atom. The molecule has 1 N–H and O–H groups in total. The van der Waals surface area contributed by atoms with Crippen molar-refractivity contribution in [3.05, 3.63) is 34.9 Å². The first kappa shape index (κ1) is 14.9. The summed E-state index contributed by atoms with van der Waals surface area (Å²) in [5.41, 5.74) is 1.15. The van der Waals surface area contributed by atoms with Crippen LogP contribution in [0.5, 0.6) is 0 Å². The maximum absolute atomic E-state index is 11.7. The second-order valence-electron chi connectivity index (χ2n) is 5.04. The van der Waals surface area contributed by atoms with E-state index in [9.17, 15) is 4.79 Å². The van der Waals surface area contributed by atoms with Gasteiger partial charge in [0.1, 0.15) is 0 Å². The average Bonchev–Trinajstić information content (AvgIpc) is 2.86. The normalized spacial score (nSPS) is 18.7. The predicted octanol–water partition coefficient (Wildman–Crippen LogP) is 2.10. The molecule has 2 rings (SSSR count). The highest BCUT2D eigenvalue weighted by Gasteiger charge is 2.26. The minimum atomic E-state index is -0.00555. The highest BCUT2D eigenvalue weighted by molar-refractivity contribution is 6.31. The second kappa shape index (κ2) is 7.33. The van der Waals surface area contributed by atoms with E-state index < -0.39 is 0 Å². The lowest BCUT2D eigenvalue weighted by molar-refractivity contribution is -0.122. The standard InChI is InChI=1S/C16H19ClN2O/c1-2-9-18-16(20)12-19-10-5-7-14(19)11-13-6-3-4-8-15(13)17/h1,3-4,6,8,14H,5,7,9-12H2,(H,18,20)/t14-/m0/s1. The first-order valence-electron chi connectivity index (χ1n) is 6.88. The molecule has 0 aromatic heterocycles. The zero-order valence-corrected chi connectivity index (χ0v) is 12.2. The van der Waals surface area contributed by atoms with Gasteiger partial charge in [0, 0.05) is 11.1 Å². The summed E-state index contributed by atoms with van der Waals surface area (Å²) in [5.74, 6) is 2.41. The lowest BCUT2D eigenvalue weighted by atomic mass is 10.0. The highest BCUT2D eigenvalue weighted by Crippen LogP contribution is 2.24. The molecule has 1 aromatic carbocycles. The Kier molecular flexibility index (Phi) is 5.46. The van der Waals surface area contributed by atoms with Gasteiger partial charge in [0.2, 0.25) is 5.91 Å². The van der Waals surface area contributed by atoms with Gasteiger partial charge in [0.15, 0.2) is 0 Å². The molecule has 0 unspecified atom stereocenters. The molecule has 20 heavy (non-hydrogen) atoms. The van der Waals surface area contributed by atoms with Crippen molar-refractivity contribution in [3.63, 3.8) is 0 Å². The van der Waals surface area contributed by atoms with Crippen LogP contribution in [0.3, 0.4) is 0 Å². The number of carbonyl (C=O) groups excluding carboxylic acids is 1. The van der Waals surface area contributed by atoms with E-state index in [-0.39, 0.29) is 5.91 Å². The Balaban J connectivity index is 1.93. The summed E-state index contributed by atoms with van der Waals surface area (Å²) in [5, 5.41) is 3.51. The van der Waals surface area contributed by atoms with E-state index in [0.717, 1.165) is 36.4 Å². The number of nitrogens with zero attached hydrogens (tertiary/aromatic N) is 1. The van der Waals surface area contributed by atoms with Crippen LogP contribution in [-0.4, -0.2) is 36.5 Å². The van der Waals surface area contributed by atoms with Gasteiger partial charge >= 0.3 is 0 Å². The van der Waals surface area contributed by atoms with Gasteiger partial charge < -0.3 is 5.32 Å². The van der Waals surface area contributed by atoms with Crippen LogP contribution < -0.4 is 5.32 Å². The highest BCUT2D eigenvalue weighted by atomic mass is 35.5. The topological polar surface area (TPSA) is 32.3 Å². The maximum atomic E-state index is 11.7. The van der Waals surface area contributed by atoms with E-state index in [2.05, 4.69) is 22.2 Å². The van der Waals surface area contributed by atoms with Crippen LogP contribution in [0.25, 0.3) is 0 Å². The Labute approximate surface area is 125 Å². The summed E-state index contributed by atoms with van der Waals surface area (Å²) < 4.78 is 0. The fourth-order valence-corrected chi connectivity index (χ4v) is 2.86. The zero-order chi connectivity index (χ0) is 14.4. The molecule has 0 aliphatic carbocycles. The Bertz CT molecular complexity index is 509. The molecular formula is C16H19ClN2O. The molecule has 1 aliphatic heterocycles. The van der Waals surface area contributed by atoms with Gasteiger partial charge in [-0.2, -0.15) is 0 Å². The number of hydrogen-bond donors (Lipinski definition) is 1. The van der Waals surface area contributed by atoms with Crippen LogP contribution >= 0.6 is 11.6 Å². The zero-order valence-electron chi connectivity index (χ0n) is 11.4. The number of terminal acetylenes is 1. The number of halogens is 1. The first-order chi connectivity index (χ1) is 9.70. The molecule has 1 aromatic rings. The molecule has 1 aliphatic rings. The molecule has 3 nitrogen and oxygen atoms in total. The van der Waals surface area contributed by atoms with Crippen molar-refractivity contribution in [2.75, 3.05) is 19.6 Å². The molecule has 0 bridgehead atoms. The van der Waals surface area contributed by atoms with Crippen molar-refractivity contribution in [2.45, 2.75) is 25.3 Å². The molecule has 1 heterocycles. The molecular weight excluding hydrogens is 272 g/mol. The number of benzene rings is 1. The lowest BCUT2D eigenvalue weighted by Crippen LogP contribution is -2.40. The Morgan fingerprint density at radius 3 is 3.05 bits per heavy atom. The number of amides is 1. The van der Waals surface area contributed by atoms with Crippen LogP contribution in [0, 0.1) is 12.3 Å². The largest absolute Gasteiger partial charge is 0.344 e. The molecule has 1 amide bonds. The van der Waals surface area contributed by atoms with Crippen LogP contribution in [0.15, 0.2) is 24.3 Å². The van der Waals surface area contributed by atoms with Crippen molar-refractivity contribution in [1.82, 2.24) is 10.2 Å². The maximum Gasteiger partial charge on any atom is 0.234 e. The van der Waals surface area contributed by atoms with Crippen molar-refractivity contribution < 1.29 is 4.79 Å². The minimum Gasteiger partial charge on any atom is -0.344 e. The Hall–Kier alpha value is -1.50. The number of rotatable bonds is 5. The van der Waals surface area contributed by atoms with Crippen LogP contribution in [0.4, 0.5) is 0 Å². The van der Waals surface area contributed by atoms with Crippen molar-refractivity contribution >= 4 is 17.5 Å². The lowest BCUT2D eigenvalue weighted by Gasteiger charge is -2.24. The molecule has 0 radical (unpaired) electrons. The smallest absolute Gasteiger partial charge is 0.234 e. The van der Waals surface area contributed by atoms with E-state index in [1.165, 1.54) is 0 Å². The quantitative estimate of drug-likeness (QED) is 0.842. The number of nitrogens with one attached hydrogen (secondary N) is 1. The third-order valence-corrected chi connectivity index (χ3v) is 4.02. The van der Waals surface area contributed by atoms with Gasteiger partial charge in [-0.15, -0.1) is 6.42 Å². The summed E-state index contributed by atoms with van der Waals surface area (Å²) in [6.45, 7) is 1.66. The van der Waals surface area contributed by atoms with Crippen LogP contribution in [-0.2, 0) is 11.2 Å². The van der Waals surface area contributed by atoms with Gasteiger partial charge in [-0.1, -0.05) is 35.7 Å². The number of carbonyl (C=O) groups is 1. The SMILES string of the molecule is C#CCNC(=O)CN1CCC[C@H]1Cc1ccccc1Cl. The van der Waals surface area contributed by atoms with Gasteiger partial charge in [0.25, 0.3) is 0 Å². The molecule has 1 fully saturated rings. The molecule has 1 saturated heterocycles. The van der Waals surface area contributed by atoms with E-state index in [1.54, 1.807) is 0 Å². The third-order valence-electron chi connectivity index (χ3n) is 3.65. The predicted molar refractivity (Wildman–Crippen MR) is 81.6 cm³/mol. The molecule has 0 saturated carbocycles. The molecule has 106 valence electrons. The van der Waals surface area contributed by atoms with E-state index >= 15 is 0 Å². The van der Waals surface area contributed by atoms with Gasteiger partial charge in [-0.3, -0.25) is 9.69 Å². The fourth-order valence-electron chi connectivity index (χ4n) is 2.64. The monoisotopic (exact) mass is 290 g/mol. The van der Waals surface area contributed by atoms with Gasteiger partial charge in [-0.25, -0.2) is 0 Å². The summed E-state index contributed by atoms with van der Waals surface area (Å²) in [7, 11) is 0. The second-order valence-corrected chi connectivity index (χ2v) is 5.45. The van der Waals surface area contributed by atoms with Gasteiger partial charge in [-0.05, 0) is 37.4 Å². The Morgan fingerprint density at radius 2 is 2.30 bits per heavy atom. The molecule has 1 atom stereocenters. The number of hydrogen-bond acceptors (Lipinski definition) is 2. The summed E-state index contributed by atoms with van der Waals surface area (Å²) in [6, 6.07) is 8.28. The van der Waals surface area contributed by atoms with Crippen molar-refractivity contribution in [3.8, 4) is 12.3 Å². The van der Waals surface area contributed by atoms with E-state index in [4.69, 9.17) is 18.0 Å². The summed E-state index contributed by atoms with van der Waals surface area (Å²) in [6.07, 6.45) is 8.26. The fraction of sp³-hybridized carbons (Fsp3) is 0.438. The van der Waals surface area contributed by atoms with Crippen molar-refractivity contribution in [1.29, 1.82) is 0 Å². The first-order valence-corrected chi connectivity index (χ1v) is 7.26. The van der Waals surface area contributed by atoms with Gasteiger partial charge in [0.05, 0.1) is 13.1 Å². The summed E-state index contributed by atoms with van der Waals surface area (Å²) in [4.78, 5) is 14.0.